The molecule has 0 fully saturated rings. The molecule has 1 aromatic rings. The van der Waals surface area contributed by atoms with Gasteiger partial charge < -0.3 is 4.90 Å². The molecule has 0 aromatic heterocycles. The zero-order valence-electron chi connectivity index (χ0n) is 12.4. The van der Waals surface area contributed by atoms with E-state index in [4.69, 9.17) is 0 Å². The lowest BCUT2D eigenvalue weighted by Crippen LogP contribution is -2.40. The quantitative estimate of drug-likeness (QED) is 0.826. The summed E-state index contributed by atoms with van der Waals surface area (Å²) < 4.78 is 0. The van der Waals surface area contributed by atoms with E-state index in [0.29, 0.717) is 12.8 Å². The molecule has 108 valence electrons. The second kappa shape index (κ2) is 6.69. The summed E-state index contributed by atoms with van der Waals surface area (Å²) in [6, 6.07) is 7.67. The maximum absolute atomic E-state index is 12.6. The number of rotatable bonds is 5. The largest absolute Gasteiger partial charge is 0.342 e. The van der Waals surface area contributed by atoms with E-state index in [1.165, 1.54) is 0 Å². The SMILES string of the molecule is CCCN(CCC)C(=O)C1CC(=O)c2ccccc2C1. The van der Waals surface area contributed by atoms with E-state index < -0.39 is 0 Å². The van der Waals surface area contributed by atoms with Crippen LogP contribution in [0.2, 0.25) is 0 Å². The molecule has 1 atom stereocenters. The van der Waals surface area contributed by atoms with Crippen LogP contribution in [0.15, 0.2) is 24.3 Å². The number of hydrogen-bond acceptors (Lipinski definition) is 2. The number of benzene rings is 1. The maximum Gasteiger partial charge on any atom is 0.226 e. The Morgan fingerprint density at radius 1 is 1.15 bits per heavy atom. The molecule has 1 aliphatic carbocycles. The lowest BCUT2D eigenvalue weighted by atomic mass is 9.82. The number of amides is 1. The van der Waals surface area contributed by atoms with Gasteiger partial charge in [0.15, 0.2) is 5.78 Å². The van der Waals surface area contributed by atoms with E-state index in [-0.39, 0.29) is 17.6 Å². The highest BCUT2D eigenvalue weighted by Gasteiger charge is 2.31. The van der Waals surface area contributed by atoms with E-state index in [9.17, 15) is 9.59 Å². The Labute approximate surface area is 121 Å². The van der Waals surface area contributed by atoms with Gasteiger partial charge in [-0.1, -0.05) is 38.1 Å². The summed E-state index contributed by atoms with van der Waals surface area (Å²) in [6.45, 7) is 5.74. The van der Waals surface area contributed by atoms with Crippen LogP contribution in [0.3, 0.4) is 0 Å². The first-order valence-corrected chi connectivity index (χ1v) is 7.57. The van der Waals surface area contributed by atoms with Crippen molar-refractivity contribution in [2.24, 2.45) is 5.92 Å². The minimum absolute atomic E-state index is 0.109. The van der Waals surface area contributed by atoms with E-state index in [2.05, 4.69) is 13.8 Å². The molecule has 0 spiro atoms. The van der Waals surface area contributed by atoms with Gasteiger partial charge >= 0.3 is 0 Å². The fourth-order valence-corrected chi connectivity index (χ4v) is 2.95. The fourth-order valence-electron chi connectivity index (χ4n) is 2.95. The average Bonchev–Trinajstić information content (AvgIpc) is 2.46. The van der Waals surface area contributed by atoms with Crippen molar-refractivity contribution in [2.75, 3.05) is 13.1 Å². The number of carbonyl (C=O) groups excluding carboxylic acids is 2. The minimum Gasteiger partial charge on any atom is -0.342 e. The maximum atomic E-state index is 12.6. The summed E-state index contributed by atoms with van der Waals surface area (Å²) in [5.41, 5.74) is 1.82. The molecular weight excluding hydrogens is 250 g/mol. The Bertz CT molecular complexity index is 490. The van der Waals surface area contributed by atoms with Gasteiger partial charge in [-0.3, -0.25) is 9.59 Å². The van der Waals surface area contributed by atoms with Gasteiger partial charge in [-0.05, 0) is 24.8 Å². The van der Waals surface area contributed by atoms with Crippen LogP contribution in [0.5, 0.6) is 0 Å². The van der Waals surface area contributed by atoms with Crippen LogP contribution in [0.25, 0.3) is 0 Å². The van der Waals surface area contributed by atoms with Gasteiger partial charge in [-0.25, -0.2) is 0 Å². The number of Topliss-reactive ketones (excluding diaryl/α,β-unsaturated/α-hetero) is 1. The van der Waals surface area contributed by atoms with Crippen LogP contribution in [0.4, 0.5) is 0 Å². The third-order valence-corrected chi connectivity index (χ3v) is 3.86. The number of carbonyl (C=O) groups is 2. The Balaban J connectivity index is 2.14. The molecule has 1 amide bonds. The van der Waals surface area contributed by atoms with Gasteiger partial charge in [0, 0.05) is 31.0 Å². The Morgan fingerprint density at radius 3 is 2.45 bits per heavy atom. The van der Waals surface area contributed by atoms with Crippen molar-refractivity contribution in [3.8, 4) is 0 Å². The molecule has 0 saturated carbocycles. The smallest absolute Gasteiger partial charge is 0.226 e. The fraction of sp³-hybridized carbons (Fsp3) is 0.529. The second-order valence-corrected chi connectivity index (χ2v) is 5.51. The van der Waals surface area contributed by atoms with Crippen LogP contribution in [-0.4, -0.2) is 29.7 Å². The van der Waals surface area contributed by atoms with Gasteiger partial charge in [-0.2, -0.15) is 0 Å². The highest BCUT2D eigenvalue weighted by molar-refractivity contribution is 6.01. The summed E-state index contributed by atoms with van der Waals surface area (Å²) in [7, 11) is 0. The Hall–Kier alpha value is -1.64. The van der Waals surface area contributed by atoms with Crippen molar-refractivity contribution in [1.29, 1.82) is 0 Å². The van der Waals surface area contributed by atoms with Crippen LogP contribution in [0, 0.1) is 5.92 Å². The number of fused-ring (bicyclic) bond motifs is 1. The molecule has 1 unspecified atom stereocenters. The first kappa shape index (κ1) is 14.8. The van der Waals surface area contributed by atoms with Crippen LogP contribution in [-0.2, 0) is 11.2 Å². The molecule has 20 heavy (non-hydrogen) atoms. The van der Waals surface area contributed by atoms with Gasteiger partial charge in [-0.15, -0.1) is 0 Å². The molecule has 1 aromatic carbocycles. The standard InChI is InChI=1S/C17H23NO2/c1-3-9-18(10-4-2)17(20)14-11-13-7-5-6-8-15(13)16(19)12-14/h5-8,14H,3-4,9-12H2,1-2H3. The van der Waals surface area contributed by atoms with Gasteiger partial charge in [0.05, 0.1) is 0 Å². The lowest BCUT2D eigenvalue weighted by Gasteiger charge is -2.29. The molecule has 0 heterocycles. The van der Waals surface area contributed by atoms with Gasteiger partial charge in [0.25, 0.3) is 0 Å². The van der Waals surface area contributed by atoms with Crippen molar-refractivity contribution in [3.05, 3.63) is 35.4 Å². The van der Waals surface area contributed by atoms with Gasteiger partial charge in [0.2, 0.25) is 5.91 Å². The van der Waals surface area contributed by atoms with Crippen molar-refractivity contribution in [1.82, 2.24) is 4.90 Å². The monoisotopic (exact) mass is 273 g/mol. The molecule has 0 aliphatic heterocycles. The van der Waals surface area contributed by atoms with Crippen LogP contribution in [0.1, 0.15) is 49.0 Å². The molecule has 0 radical (unpaired) electrons. The first-order chi connectivity index (χ1) is 9.67. The molecule has 0 bridgehead atoms. The highest BCUT2D eigenvalue weighted by atomic mass is 16.2. The normalized spacial score (nSPS) is 17.7. The first-order valence-electron chi connectivity index (χ1n) is 7.57. The summed E-state index contributed by atoms with van der Waals surface area (Å²) in [5.74, 6) is 0.0881. The van der Waals surface area contributed by atoms with Crippen LogP contribution >= 0.6 is 0 Å². The zero-order valence-corrected chi connectivity index (χ0v) is 12.4. The van der Waals surface area contributed by atoms with E-state index in [1.807, 2.05) is 29.2 Å². The topological polar surface area (TPSA) is 37.4 Å². The number of ketones is 1. The van der Waals surface area contributed by atoms with Crippen molar-refractivity contribution >= 4 is 11.7 Å². The molecule has 3 nitrogen and oxygen atoms in total. The highest BCUT2D eigenvalue weighted by Crippen LogP contribution is 2.27. The van der Waals surface area contributed by atoms with Crippen molar-refractivity contribution < 1.29 is 9.59 Å². The lowest BCUT2D eigenvalue weighted by molar-refractivity contribution is -0.135. The summed E-state index contributed by atoms with van der Waals surface area (Å²) in [6.07, 6.45) is 2.98. The number of nitrogens with zero attached hydrogens (tertiary/aromatic N) is 1. The molecule has 3 heteroatoms. The minimum atomic E-state index is -0.171. The van der Waals surface area contributed by atoms with Gasteiger partial charge in [0.1, 0.15) is 0 Å². The second-order valence-electron chi connectivity index (χ2n) is 5.51. The average molecular weight is 273 g/mol. The van der Waals surface area contributed by atoms with Crippen molar-refractivity contribution in [3.63, 3.8) is 0 Å². The predicted molar refractivity (Wildman–Crippen MR) is 79.7 cm³/mol. The Kier molecular flexibility index (Phi) is 4.94. The van der Waals surface area contributed by atoms with E-state index >= 15 is 0 Å². The van der Waals surface area contributed by atoms with Crippen molar-refractivity contribution in [2.45, 2.75) is 39.5 Å². The molecular formula is C17H23NO2. The summed E-state index contributed by atoms with van der Waals surface area (Å²) in [5, 5.41) is 0. The third-order valence-electron chi connectivity index (χ3n) is 3.86. The Morgan fingerprint density at radius 2 is 1.80 bits per heavy atom. The molecule has 1 aliphatic rings. The van der Waals surface area contributed by atoms with E-state index in [1.54, 1.807) is 0 Å². The summed E-state index contributed by atoms with van der Waals surface area (Å²) >= 11 is 0. The molecule has 0 N–H and O–H groups in total. The zero-order chi connectivity index (χ0) is 14.5. The summed E-state index contributed by atoms with van der Waals surface area (Å²) in [4.78, 5) is 26.7. The predicted octanol–water partition coefficient (Wildman–Crippen LogP) is 3.08. The van der Waals surface area contributed by atoms with E-state index in [0.717, 1.165) is 37.1 Å². The van der Waals surface area contributed by atoms with Crippen LogP contribution < -0.4 is 0 Å². The molecule has 2 rings (SSSR count). The molecule has 0 saturated heterocycles. The number of hydrogen-bond donors (Lipinski definition) is 0. The third kappa shape index (κ3) is 3.09.